The summed E-state index contributed by atoms with van der Waals surface area (Å²) < 4.78 is 5.20. The number of rotatable bonds is 4. The van der Waals surface area contributed by atoms with Gasteiger partial charge in [-0.25, -0.2) is 4.79 Å². The highest BCUT2D eigenvalue weighted by atomic mass is 35.5. The lowest BCUT2D eigenvalue weighted by molar-refractivity contribution is 0.0699. The van der Waals surface area contributed by atoms with E-state index in [4.69, 9.17) is 16.0 Å². The summed E-state index contributed by atoms with van der Waals surface area (Å²) in [6.45, 7) is 1.83. The number of amides is 1. The van der Waals surface area contributed by atoms with E-state index in [1.54, 1.807) is 42.0 Å². The van der Waals surface area contributed by atoms with Gasteiger partial charge in [-0.2, -0.15) is 0 Å². The van der Waals surface area contributed by atoms with Crippen molar-refractivity contribution in [3.05, 3.63) is 76.0 Å². The maximum Gasteiger partial charge on any atom is 0.339 e. The predicted molar refractivity (Wildman–Crippen MR) is 110 cm³/mol. The van der Waals surface area contributed by atoms with Crippen LogP contribution in [0.2, 0.25) is 5.02 Å². The van der Waals surface area contributed by atoms with Crippen LogP contribution in [0.3, 0.4) is 0 Å². The van der Waals surface area contributed by atoms with Crippen molar-refractivity contribution >= 4 is 39.8 Å². The van der Waals surface area contributed by atoms with E-state index in [1.165, 1.54) is 17.6 Å². The fourth-order valence-electron chi connectivity index (χ4n) is 3.20. The van der Waals surface area contributed by atoms with E-state index < -0.39 is 5.97 Å². The third-order valence-electron chi connectivity index (χ3n) is 4.47. The van der Waals surface area contributed by atoms with Crippen LogP contribution < -0.4 is 5.32 Å². The molecule has 0 bridgehead atoms. The number of benzene rings is 1. The molecular weight excluding hydrogens is 398 g/mol. The molecule has 140 valence electrons. The second-order valence-electron chi connectivity index (χ2n) is 6.25. The van der Waals surface area contributed by atoms with Crippen molar-refractivity contribution in [2.24, 2.45) is 0 Å². The van der Waals surface area contributed by atoms with Gasteiger partial charge in [-0.15, -0.1) is 11.3 Å². The first-order valence-electron chi connectivity index (χ1n) is 8.33. The summed E-state index contributed by atoms with van der Waals surface area (Å²) in [5, 5.41) is 15.1. The van der Waals surface area contributed by atoms with Crippen LogP contribution in [0.5, 0.6) is 0 Å². The fourth-order valence-corrected chi connectivity index (χ4v) is 4.28. The van der Waals surface area contributed by atoms with Gasteiger partial charge in [0.05, 0.1) is 18.1 Å². The Morgan fingerprint density at radius 1 is 1.07 bits per heavy atom. The van der Waals surface area contributed by atoms with Crippen LogP contribution in [0.25, 0.3) is 22.3 Å². The highest BCUT2D eigenvalue weighted by Crippen LogP contribution is 2.37. The Labute approximate surface area is 169 Å². The average molecular weight is 412 g/mol. The lowest BCUT2D eigenvalue weighted by Gasteiger charge is -2.08. The number of carboxylic acid groups (broad SMARTS) is 1. The first kappa shape index (κ1) is 18.3. The van der Waals surface area contributed by atoms with E-state index >= 15 is 0 Å². The Balaban J connectivity index is 1.72. The van der Waals surface area contributed by atoms with Crippen molar-refractivity contribution in [3.63, 3.8) is 0 Å². The number of nitrogens with one attached hydrogen (secondary N) is 1. The van der Waals surface area contributed by atoms with Crippen LogP contribution in [0, 0.1) is 6.92 Å². The summed E-state index contributed by atoms with van der Waals surface area (Å²) in [5.41, 5.74) is 4.14. The zero-order valence-electron chi connectivity index (χ0n) is 14.7. The van der Waals surface area contributed by atoms with Gasteiger partial charge in [-0.1, -0.05) is 29.8 Å². The smallest absolute Gasteiger partial charge is 0.339 e. The lowest BCUT2D eigenvalue weighted by atomic mass is 10.0. The Bertz CT molecular complexity index is 1160. The van der Waals surface area contributed by atoms with Crippen LogP contribution >= 0.6 is 22.9 Å². The third kappa shape index (κ3) is 3.17. The van der Waals surface area contributed by atoms with Gasteiger partial charge in [-0.3, -0.25) is 4.79 Å². The van der Waals surface area contributed by atoms with Crippen LogP contribution in [-0.4, -0.2) is 17.0 Å². The number of carbonyl (C=O) groups excluding carboxylic acids is 1. The summed E-state index contributed by atoms with van der Waals surface area (Å²) in [5.74, 6) is -1.48. The van der Waals surface area contributed by atoms with E-state index in [1.807, 2.05) is 13.0 Å². The SMILES string of the molecule is Cc1cc2ccocc-2c1C(=O)Nc1scc(-c2ccc(Cl)cc2)c1C(=O)O. The molecule has 0 atom stereocenters. The Morgan fingerprint density at radius 2 is 1.82 bits per heavy atom. The number of fused-ring (bicyclic) bond motifs is 1. The molecule has 1 aliphatic carbocycles. The van der Waals surface area contributed by atoms with Crippen molar-refractivity contribution in [1.29, 1.82) is 0 Å². The molecule has 0 spiro atoms. The molecule has 2 heterocycles. The van der Waals surface area contributed by atoms with Crippen LogP contribution in [0.1, 0.15) is 26.3 Å². The van der Waals surface area contributed by atoms with Gasteiger partial charge in [-0.05, 0) is 41.8 Å². The molecule has 1 aromatic heterocycles. The lowest BCUT2D eigenvalue weighted by Crippen LogP contribution is -2.14. The molecule has 0 fully saturated rings. The molecule has 5 nitrogen and oxygen atoms in total. The van der Waals surface area contributed by atoms with Crippen molar-refractivity contribution < 1.29 is 19.1 Å². The molecule has 0 unspecified atom stereocenters. The van der Waals surface area contributed by atoms with Crippen molar-refractivity contribution in [2.75, 3.05) is 5.32 Å². The summed E-state index contributed by atoms with van der Waals surface area (Å²) in [6.07, 6.45) is 3.06. The van der Waals surface area contributed by atoms with E-state index in [0.717, 1.165) is 11.1 Å². The van der Waals surface area contributed by atoms with Gasteiger partial charge in [0.1, 0.15) is 10.6 Å². The second kappa shape index (κ2) is 7.14. The van der Waals surface area contributed by atoms with Crippen LogP contribution in [-0.2, 0) is 0 Å². The summed E-state index contributed by atoms with van der Waals surface area (Å²) in [7, 11) is 0. The largest absolute Gasteiger partial charge is 0.478 e. The number of carbonyl (C=O) groups is 2. The number of thiophene rings is 1. The molecule has 0 saturated heterocycles. The Hall–Kier alpha value is -3.09. The Kier molecular flexibility index (Phi) is 4.66. The number of aromatic carboxylic acids is 1. The number of halogens is 1. The molecule has 1 amide bonds. The monoisotopic (exact) mass is 411 g/mol. The molecule has 7 heteroatoms. The maximum absolute atomic E-state index is 12.9. The highest BCUT2D eigenvalue weighted by Gasteiger charge is 2.25. The minimum atomic E-state index is -1.11. The van der Waals surface area contributed by atoms with Crippen LogP contribution in [0.15, 0.2) is 58.7 Å². The first-order chi connectivity index (χ1) is 13.5. The highest BCUT2D eigenvalue weighted by molar-refractivity contribution is 7.15. The predicted octanol–water partition coefficient (Wildman–Crippen LogP) is 6.03. The Morgan fingerprint density at radius 3 is 2.54 bits per heavy atom. The first-order valence-corrected chi connectivity index (χ1v) is 9.59. The van der Waals surface area contributed by atoms with Gasteiger partial charge in [0.2, 0.25) is 0 Å². The molecule has 4 rings (SSSR count). The molecule has 0 saturated carbocycles. The zero-order chi connectivity index (χ0) is 19.8. The molecule has 1 aromatic carbocycles. The van der Waals surface area contributed by atoms with E-state index in [9.17, 15) is 14.7 Å². The summed E-state index contributed by atoms with van der Waals surface area (Å²) in [6, 6.07) is 10.6. The summed E-state index contributed by atoms with van der Waals surface area (Å²) >= 11 is 7.09. The number of carboxylic acids is 1. The number of aryl methyl sites for hydroxylation is 1. The van der Waals surface area contributed by atoms with E-state index in [2.05, 4.69) is 5.32 Å². The topological polar surface area (TPSA) is 79.5 Å². The zero-order valence-corrected chi connectivity index (χ0v) is 16.2. The van der Waals surface area contributed by atoms with Crippen molar-refractivity contribution in [2.45, 2.75) is 6.92 Å². The molecule has 1 aliphatic heterocycles. The van der Waals surface area contributed by atoms with E-state index in [-0.39, 0.29) is 16.5 Å². The molecule has 28 heavy (non-hydrogen) atoms. The van der Waals surface area contributed by atoms with Gasteiger partial charge in [0.15, 0.2) is 0 Å². The van der Waals surface area contributed by atoms with Crippen LogP contribution in [0.4, 0.5) is 5.00 Å². The quantitative estimate of drug-likeness (QED) is 0.430. The van der Waals surface area contributed by atoms with E-state index in [0.29, 0.717) is 27.3 Å². The van der Waals surface area contributed by atoms with Crippen molar-refractivity contribution in [3.8, 4) is 22.3 Å². The third-order valence-corrected chi connectivity index (χ3v) is 5.62. The number of hydrogen-bond acceptors (Lipinski definition) is 4. The molecule has 0 radical (unpaired) electrons. The standard InChI is InChI=1S/C21H14ClNO4S/c1-11-8-13-6-7-27-9-15(13)17(11)19(24)23-20-18(21(25)26)16(10-28-20)12-2-4-14(22)5-3-12/h2-10H,1H3,(H,23,24)(H,25,26). The van der Waals surface area contributed by atoms with Gasteiger partial charge in [0, 0.05) is 21.5 Å². The molecule has 2 aromatic rings. The number of anilines is 1. The molecule has 2 aliphatic rings. The van der Waals surface area contributed by atoms with Gasteiger partial charge >= 0.3 is 5.97 Å². The normalized spacial score (nSPS) is 10.9. The van der Waals surface area contributed by atoms with Gasteiger partial charge in [0.25, 0.3) is 5.91 Å². The van der Waals surface area contributed by atoms with Gasteiger partial charge < -0.3 is 14.8 Å². The molecular formula is C21H14ClNO4S. The number of hydrogen-bond donors (Lipinski definition) is 2. The average Bonchev–Trinajstić information content (AvgIpc) is 3.22. The minimum Gasteiger partial charge on any atom is -0.478 e. The fraction of sp³-hybridized carbons (Fsp3) is 0.0476. The summed E-state index contributed by atoms with van der Waals surface area (Å²) in [4.78, 5) is 24.8. The van der Waals surface area contributed by atoms with Crippen molar-refractivity contribution in [1.82, 2.24) is 0 Å². The second-order valence-corrected chi connectivity index (χ2v) is 7.56. The maximum atomic E-state index is 12.9. The molecule has 2 N–H and O–H groups in total. The minimum absolute atomic E-state index is 0.0545.